The summed E-state index contributed by atoms with van der Waals surface area (Å²) in [7, 11) is 0. The van der Waals surface area contributed by atoms with E-state index < -0.39 is 0 Å². The number of carbonyl (C=O) groups excluding carboxylic acids is 2. The quantitative estimate of drug-likeness (QED) is 0.547. The van der Waals surface area contributed by atoms with Crippen molar-refractivity contribution < 1.29 is 14.3 Å². The summed E-state index contributed by atoms with van der Waals surface area (Å²) >= 11 is 1.75. The molecule has 1 aliphatic carbocycles. The zero-order chi connectivity index (χ0) is 25.6. The number of ether oxygens (including phenoxy) is 1. The first kappa shape index (κ1) is 26.0. The van der Waals surface area contributed by atoms with Gasteiger partial charge in [-0.15, -0.1) is 11.8 Å². The second-order valence-electron chi connectivity index (χ2n) is 10.3. The highest BCUT2D eigenvalue weighted by Crippen LogP contribution is 2.42. The van der Waals surface area contributed by atoms with Crippen LogP contribution in [0.5, 0.6) is 0 Å². The van der Waals surface area contributed by atoms with Gasteiger partial charge in [0.25, 0.3) is 11.8 Å². The van der Waals surface area contributed by atoms with Crippen molar-refractivity contribution in [1.82, 2.24) is 15.1 Å². The number of thioether (sulfide) groups is 1. The van der Waals surface area contributed by atoms with Gasteiger partial charge in [-0.05, 0) is 49.1 Å². The maximum absolute atomic E-state index is 13.7. The van der Waals surface area contributed by atoms with Crippen LogP contribution < -0.4 is 5.32 Å². The SMILES string of the molecule is Cc1cccc(CN2C(=O)/C(=C\c3ccc(C(=O)NCCN4CCOCC4)cc3)SC3CCCCC32)c1. The van der Waals surface area contributed by atoms with Crippen LogP contribution in [0.15, 0.2) is 53.4 Å². The molecule has 2 aromatic rings. The van der Waals surface area contributed by atoms with Crippen LogP contribution in [-0.2, 0) is 16.1 Å². The van der Waals surface area contributed by atoms with Crippen LogP contribution >= 0.6 is 11.8 Å². The van der Waals surface area contributed by atoms with Gasteiger partial charge in [0, 0.05) is 49.6 Å². The van der Waals surface area contributed by atoms with Crippen LogP contribution in [0.3, 0.4) is 0 Å². The first-order chi connectivity index (χ1) is 18.1. The predicted molar refractivity (Wildman–Crippen MR) is 149 cm³/mol. The fourth-order valence-electron chi connectivity index (χ4n) is 5.51. The lowest BCUT2D eigenvalue weighted by atomic mass is 9.92. The van der Waals surface area contributed by atoms with E-state index in [1.165, 1.54) is 24.0 Å². The second kappa shape index (κ2) is 12.3. The Balaban J connectivity index is 1.25. The molecule has 2 saturated heterocycles. The molecule has 1 saturated carbocycles. The number of amides is 2. The molecule has 1 N–H and O–H groups in total. The van der Waals surface area contributed by atoms with Gasteiger partial charge in [-0.1, -0.05) is 54.8 Å². The zero-order valence-electron chi connectivity index (χ0n) is 21.7. The Kier molecular flexibility index (Phi) is 8.64. The van der Waals surface area contributed by atoms with Crippen LogP contribution in [0.1, 0.15) is 52.7 Å². The third kappa shape index (κ3) is 6.64. The summed E-state index contributed by atoms with van der Waals surface area (Å²) in [4.78, 5) is 31.5. The molecule has 0 aromatic heterocycles. The number of nitrogens with one attached hydrogen (secondary N) is 1. The van der Waals surface area contributed by atoms with Crippen LogP contribution in [0.2, 0.25) is 0 Å². The van der Waals surface area contributed by atoms with E-state index in [0.29, 0.717) is 29.9 Å². The average Bonchev–Trinajstić information content (AvgIpc) is 2.92. The van der Waals surface area contributed by atoms with Gasteiger partial charge in [-0.3, -0.25) is 14.5 Å². The van der Waals surface area contributed by atoms with Crippen molar-refractivity contribution in [2.45, 2.75) is 50.4 Å². The Morgan fingerprint density at radius 1 is 1.11 bits per heavy atom. The fourth-order valence-corrected chi connectivity index (χ4v) is 6.98. The molecular formula is C30H37N3O3S. The highest BCUT2D eigenvalue weighted by Gasteiger charge is 2.40. The minimum atomic E-state index is -0.0649. The van der Waals surface area contributed by atoms with Gasteiger partial charge in [-0.25, -0.2) is 0 Å². The molecule has 196 valence electrons. The van der Waals surface area contributed by atoms with E-state index in [1.807, 2.05) is 30.3 Å². The van der Waals surface area contributed by atoms with Gasteiger partial charge in [0.2, 0.25) is 0 Å². The molecule has 0 spiro atoms. The molecule has 3 aliphatic rings. The van der Waals surface area contributed by atoms with Crippen molar-refractivity contribution in [1.29, 1.82) is 0 Å². The predicted octanol–water partition coefficient (Wildman–Crippen LogP) is 4.48. The van der Waals surface area contributed by atoms with Crippen molar-refractivity contribution in [2.24, 2.45) is 0 Å². The van der Waals surface area contributed by atoms with Gasteiger partial charge in [0.1, 0.15) is 0 Å². The van der Waals surface area contributed by atoms with Gasteiger partial charge in [0.05, 0.1) is 18.1 Å². The van der Waals surface area contributed by atoms with Gasteiger partial charge < -0.3 is 15.0 Å². The van der Waals surface area contributed by atoms with Crippen molar-refractivity contribution in [2.75, 3.05) is 39.4 Å². The largest absolute Gasteiger partial charge is 0.379 e. The molecule has 2 aliphatic heterocycles. The monoisotopic (exact) mass is 519 g/mol. The van der Waals surface area contributed by atoms with Crippen molar-refractivity contribution in [3.05, 3.63) is 75.7 Å². The molecule has 5 rings (SSSR count). The molecule has 2 aromatic carbocycles. The highest BCUT2D eigenvalue weighted by atomic mass is 32.2. The van der Waals surface area contributed by atoms with Gasteiger partial charge in [-0.2, -0.15) is 0 Å². The fraction of sp³-hybridized carbons (Fsp3) is 0.467. The number of rotatable bonds is 7. The number of benzene rings is 2. The zero-order valence-corrected chi connectivity index (χ0v) is 22.5. The van der Waals surface area contributed by atoms with Gasteiger partial charge in [0.15, 0.2) is 0 Å². The number of nitrogens with zero attached hydrogens (tertiary/aromatic N) is 2. The first-order valence-electron chi connectivity index (χ1n) is 13.5. The van der Waals surface area contributed by atoms with E-state index >= 15 is 0 Å². The van der Waals surface area contributed by atoms with Crippen LogP contribution in [0.25, 0.3) is 6.08 Å². The second-order valence-corrected chi connectivity index (χ2v) is 11.6. The molecule has 2 unspecified atom stereocenters. The molecule has 0 bridgehead atoms. The molecule has 3 fully saturated rings. The smallest absolute Gasteiger partial charge is 0.260 e. The van der Waals surface area contributed by atoms with Crippen LogP contribution in [0, 0.1) is 6.92 Å². The van der Waals surface area contributed by atoms with E-state index in [4.69, 9.17) is 4.74 Å². The molecule has 2 atom stereocenters. The lowest BCUT2D eigenvalue weighted by Gasteiger charge is -2.44. The number of fused-ring (bicyclic) bond motifs is 1. The van der Waals surface area contributed by atoms with Crippen LogP contribution in [-0.4, -0.2) is 72.3 Å². The molecule has 2 heterocycles. The summed E-state index contributed by atoms with van der Waals surface area (Å²) in [5.74, 6) is 0.0598. The average molecular weight is 520 g/mol. The number of hydrogen-bond acceptors (Lipinski definition) is 5. The maximum atomic E-state index is 13.7. The topological polar surface area (TPSA) is 61.9 Å². The lowest BCUT2D eigenvalue weighted by Crippen LogP contribution is -2.50. The Morgan fingerprint density at radius 3 is 2.68 bits per heavy atom. The summed E-state index contributed by atoms with van der Waals surface area (Å²) in [5, 5.41) is 3.46. The Hall–Kier alpha value is -2.61. The number of aryl methyl sites for hydroxylation is 1. The lowest BCUT2D eigenvalue weighted by molar-refractivity contribution is -0.130. The number of carbonyl (C=O) groups is 2. The van der Waals surface area contributed by atoms with Gasteiger partial charge >= 0.3 is 0 Å². The summed E-state index contributed by atoms with van der Waals surface area (Å²) in [5.41, 5.74) is 4.00. The summed E-state index contributed by atoms with van der Waals surface area (Å²) < 4.78 is 5.37. The normalized spacial score (nSPS) is 23.6. The summed E-state index contributed by atoms with van der Waals surface area (Å²) in [6, 6.07) is 16.3. The standard InChI is InChI=1S/C30H37N3O3S/c1-22-5-4-6-24(19-22)21-33-26-7-2-3-8-27(26)37-28(30(33)35)20-23-9-11-25(12-10-23)29(34)31-13-14-32-15-17-36-18-16-32/h4-6,9-12,19-20,26-27H,2-3,7-8,13-18,21H2,1H3,(H,31,34)/b28-20+. The minimum absolute atomic E-state index is 0.0649. The maximum Gasteiger partial charge on any atom is 0.260 e. The third-order valence-electron chi connectivity index (χ3n) is 7.54. The third-order valence-corrected chi connectivity index (χ3v) is 8.94. The molecular weight excluding hydrogens is 482 g/mol. The van der Waals surface area contributed by atoms with E-state index in [2.05, 4.69) is 46.3 Å². The molecule has 0 radical (unpaired) electrons. The summed E-state index contributed by atoms with van der Waals surface area (Å²) in [6.07, 6.45) is 6.64. The Bertz CT molecular complexity index is 1130. The van der Waals surface area contributed by atoms with Crippen molar-refractivity contribution >= 4 is 29.7 Å². The molecule has 37 heavy (non-hydrogen) atoms. The Morgan fingerprint density at radius 2 is 1.89 bits per heavy atom. The number of hydrogen-bond donors (Lipinski definition) is 1. The van der Waals surface area contributed by atoms with Crippen LogP contribution in [0.4, 0.5) is 0 Å². The molecule has 7 heteroatoms. The van der Waals surface area contributed by atoms with E-state index in [-0.39, 0.29) is 11.8 Å². The van der Waals surface area contributed by atoms with Crippen molar-refractivity contribution in [3.63, 3.8) is 0 Å². The first-order valence-corrected chi connectivity index (χ1v) is 14.4. The highest BCUT2D eigenvalue weighted by molar-refractivity contribution is 8.04. The van der Waals surface area contributed by atoms with E-state index in [9.17, 15) is 9.59 Å². The van der Waals surface area contributed by atoms with Crippen molar-refractivity contribution in [3.8, 4) is 0 Å². The summed E-state index contributed by atoms with van der Waals surface area (Å²) in [6.45, 7) is 7.56. The van der Waals surface area contributed by atoms with E-state index in [0.717, 1.165) is 56.2 Å². The number of morpholine rings is 1. The van der Waals surface area contributed by atoms with E-state index in [1.54, 1.807) is 11.8 Å². The minimum Gasteiger partial charge on any atom is -0.379 e. The molecule has 2 amide bonds. The molecule has 6 nitrogen and oxygen atoms in total. The Labute approximate surface area is 224 Å².